The number of hydrogen-bond acceptors (Lipinski definition) is 3. The van der Waals surface area contributed by atoms with Crippen molar-refractivity contribution < 1.29 is 0 Å². The molecule has 234 valence electrons. The number of pyridine rings is 3. The molecular weight excluding hydrogens is 611 g/mol. The predicted octanol–water partition coefficient (Wildman–Crippen LogP) is 11.1. The Hall–Kier alpha value is -6.85. The fourth-order valence-electron chi connectivity index (χ4n) is 7.37. The maximum absolute atomic E-state index is 5.20. The van der Waals surface area contributed by atoms with Gasteiger partial charge in [0, 0.05) is 68.2 Å². The molecule has 5 nitrogen and oxygen atoms in total. The van der Waals surface area contributed by atoms with E-state index in [-0.39, 0.29) is 0 Å². The maximum atomic E-state index is 5.20. The Balaban J connectivity index is 1.17. The number of hydrogen-bond donors (Lipinski definition) is 0. The zero-order chi connectivity index (χ0) is 33.0. The Morgan fingerprint density at radius 2 is 0.920 bits per heavy atom. The third kappa shape index (κ3) is 4.52. The summed E-state index contributed by atoms with van der Waals surface area (Å²) in [6.07, 6.45) is 5.68. The topological polar surface area (TPSA) is 48.5 Å². The summed E-state index contributed by atoms with van der Waals surface area (Å²) in [5.74, 6) is 0. The Morgan fingerprint density at radius 3 is 1.60 bits per heavy atom. The van der Waals surface area contributed by atoms with Gasteiger partial charge >= 0.3 is 0 Å². The molecule has 0 amide bonds. The van der Waals surface area contributed by atoms with E-state index in [4.69, 9.17) is 4.98 Å². The minimum absolute atomic E-state index is 0.904. The monoisotopic (exact) mass is 639 g/mol. The third-order valence-corrected chi connectivity index (χ3v) is 9.63. The van der Waals surface area contributed by atoms with E-state index in [0.717, 1.165) is 67.0 Å². The van der Waals surface area contributed by atoms with Gasteiger partial charge in [-0.1, -0.05) is 72.8 Å². The van der Waals surface area contributed by atoms with Crippen molar-refractivity contribution in [2.75, 3.05) is 0 Å². The van der Waals surface area contributed by atoms with Crippen LogP contribution in [0.2, 0.25) is 0 Å². The molecule has 5 heteroatoms. The highest BCUT2D eigenvalue weighted by Gasteiger charge is 2.18. The predicted molar refractivity (Wildman–Crippen MR) is 205 cm³/mol. The van der Waals surface area contributed by atoms with Crippen LogP contribution >= 0.6 is 0 Å². The molecular formula is C45H29N5. The van der Waals surface area contributed by atoms with E-state index in [1.54, 1.807) is 0 Å². The summed E-state index contributed by atoms with van der Waals surface area (Å²) in [5.41, 5.74) is 12.6. The van der Waals surface area contributed by atoms with Gasteiger partial charge in [-0.05, 0) is 90.5 Å². The van der Waals surface area contributed by atoms with Crippen LogP contribution in [0, 0.1) is 0 Å². The molecule has 0 aliphatic carbocycles. The molecule has 0 atom stereocenters. The summed E-state index contributed by atoms with van der Waals surface area (Å²) in [5, 5.41) is 4.71. The summed E-state index contributed by atoms with van der Waals surface area (Å²) in [7, 11) is 0. The molecule has 10 aromatic rings. The Morgan fingerprint density at radius 1 is 0.340 bits per heavy atom. The van der Waals surface area contributed by atoms with Gasteiger partial charge in [-0.2, -0.15) is 0 Å². The van der Waals surface area contributed by atoms with Crippen molar-refractivity contribution in [2.45, 2.75) is 0 Å². The Bertz CT molecular complexity index is 2800. The van der Waals surface area contributed by atoms with Crippen molar-refractivity contribution in [3.05, 3.63) is 176 Å². The summed E-state index contributed by atoms with van der Waals surface area (Å²) in [6, 6.07) is 55.5. The van der Waals surface area contributed by atoms with Crippen molar-refractivity contribution >= 4 is 43.7 Å². The van der Waals surface area contributed by atoms with Crippen molar-refractivity contribution in [1.82, 2.24) is 24.1 Å². The van der Waals surface area contributed by atoms with Crippen LogP contribution in [0.3, 0.4) is 0 Å². The van der Waals surface area contributed by atoms with E-state index >= 15 is 0 Å². The summed E-state index contributed by atoms with van der Waals surface area (Å²) in [6.45, 7) is 0. The standard InChI is InChI=1S/C45H29N5/c1-2-12-34(13-3-1)49-42-18-6-4-14-36(42)38-27-30(20-21-44(38)49)33-28-39-37-15-5-7-19-43(37)50(45(39)48-29-33)35-25-31(40-16-8-10-22-46-40)24-32(26-35)41-17-9-11-23-47-41/h1-29H. The molecule has 50 heavy (non-hydrogen) atoms. The van der Waals surface area contributed by atoms with Gasteiger partial charge in [-0.3, -0.25) is 14.5 Å². The zero-order valence-electron chi connectivity index (χ0n) is 27.0. The SMILES string of the molecule is c1ccc(-n2c3ccccc3c3cc(-c4cnc5c(c4)c4ccccc4n5-c4cc(-c5ccccn5)cc(-c5ccccn5)c4)ccc32)cc1. The van der Waals surface area contributed by atoms with Gasteiger partial charge < -0.3 is 4.57 Å². The Kier molecular flexibility index (Phi) is 6.42. The second-order valence-electron chi connectivity index (χ2n) is 12.6. The minimum Gasteiger partial charge on any atom is -0.309 e. The number of nitrogens with zero attached hydrogens (tertiary/aromatic N) is 5. The highest BCUT2D eigenvalue weighted by molar-refractivity contribution is 6.12. The zero-order valence-corrected chi connectivity index (χ0v) is 27.0. The third-order valence-electron chi connectivity index (χ3n) is 9.63. The second-order valence-corrected chi connectivity index (χ2v) is 12.6. The van der Waals surface area contributed by atoms with Gasteiger partial charge in [0.2, 0.25) is 0 Å². The lowest BCUT2D eigenvalue weighted by Crippen LogP contribution is -1.98. The molecule has 0 saturated heterocycles. The highest BCUT2D eigenvalue weighted by atomic mass is 15.0. The highest BCUT2D eigenvalue weighted by Crippen LogP contribution is 2.38. The normalized spacial score (nSPS) is 11.6. The van der Waals surface area contributed by atoms with Crippen LogP contribution in [-0.2, 0) is 0 Å². The molecule has 0 fully saturated rings. The number of rotatable bonds is 5. The minimum atomic E-state index is 0.904. The number of aromatic nitrogens is 5. The largest absolute Gasteiger partial charge is 0.309 e. The van der Waals surface area contributed by atoms with Gasteiger partial charge in [0.1, 0.15) is 5.65 Å². The molecule has 5 heterocycles. The second kappa shape index (κ2) is 11.4. The number of benzene rings is 5. The smallest absolute Gasteiger partial charge is 0.145 e. The first kappa shape index (κ1) is 28.2. The molecule has 0 aliphatic heterocycles. The van der Waals surface area contributed by atoms with E-state index < -0.39 is 0 Å². The molecule has 0 radical (unpaired) electrons. The van der Waals surface area contributed by atoms with Gasteiger partial charge in [-0.15, -0.1) is 0 Å². The van der Waals surface area contributed by atoms with Crippen molar-refractivity contribution in [1.29, 1.82) is 0 Å². The van der Waals surface area contributed by atoms with Gasteiger partial charge in [0.05, 0.1) is 27.9 Å². The molecule has 5 aromatic carbocycles. The van der Waals surface area contributed by atoms with Crippen LogP contribution < -0.4 is 0 Å². The van der Waals surface area contributed by atoms with Crippen LogP contribution in [0.25, 0.3) is 88.8 Å². The lowest BCUT2D eigenvalue weighted by molar-refractivity contribution is 1.13. The molecule has 5 aromatic heterocycles. The van der Waals surface area contributed by atoms with Crippen molar-refractivity contribution in [3.8, 4) is 45.0 Å². The average Bonchev–Trinajstić information content (AvgIpc) is 3.71. The van der Waals surface area contributed by atoms with E-state index in [0.29, 0.717) is 0 Å². The van der Waals surface area contributed by atoms with Gasteiger partial charge in [0.25, 0.3) is 0 Å². The summed E-state index contributed by atoms with van der Waals surface area (Å²) in [4.78, 5) is 14.6. The first-order valence-corrected chi connectivity index (χ1v) is 16.8. The van der Waals surface area contributed by atoms with Crippen LogP contribution in [0.1, 0.15) is 0 Å². The van der Waals surface area contributed by atoms with Crippen LogP contribution in [0.4, 0.5) is 0 Å². The first-order chi connectivity index (χ1) is 24.8. The van der Waals surface area contributed by atoms with Crippen molar-refractivity contribution in [3.63, 3.8) is 0 Å². The molecule has 0 saturated carbocycles. The number of para-hydroxylation sites is 3. The average molecular weight is 640 g/mol. The fourth-order valence-corrected chi connectivity index (χ4v) is 7.37. The van der Waals surface area contributed by atoms with Crippen molar-refractivity contribution in [2.24, 2.45) is 0 Å². The summed E-state index contributed by atoms with van der Waals surface area (Å²) >= 11 is 0. The quantitative estimate of drug-likeness (QED) is 0.188. The molecule has 0 bridgehead atoms. The number of fused-ring (bicyclic) bond motifs is 6. The fraction of sp³-hybridized carbons (Fsp3) is 0. The van der Waals surface area contributed by atoms with Crippen LogP contribution in [0.5, 0.6) is 0 Å². The molecule has 0 unspecified atom stereocenters. The van der Waals surface area contributed by atoms with Crippen LogP contribution in [-0.4, -0.2) is 24.1 Å². The van der Waals surface area contributed by atoms with E-state index in [1.165, 1.54) is 21.8 Å². The van der Waals surface area contributed by atoms with E-state index in [9.17, 15) is 0 Å². The molecule has 10 rings (SSSR count). The van der Waals surface area contributed by atoms with E-state index in [2.05, 4.69) is 140 Å². The van der Waals surface area contributed by atoms with Crippen LogP contribution in [0.15, 0.2) is 176 Å². The lowest BCUT2D eigenvalue weighted by atomic mass is 10.0. The van der Waals surface area contributed by atoms with E-state index in [1.807, 2.05) is 55.0 Å². The first-order valence-electron chi connectivity index (χ1n) is 16.8. The van der Waals surface area contributed by atoms with Gasteiger partial charge in [0.15, 0.2) is 0 Å². The Labute approximate surface area is 288 Å². The summed E-state index contributed by atoms with van der Waals surface area (Å²) < 4.78 is 4.62. The molecule has 0 N–H and O–H groups in total. The van der Waals surface area contributed by atoms with Gasteiger partial charge in [-0.25, -0.2) is 4.98 Å². The molecule has 0 aliphatic rings. The molecule has 0 spiro atoms. The lowest BCUT2D eigenvalue weighted by Gasteiger charge is -2.13. The maximum Gasteiger partial charge on any atom is 0.145 e.